The minimum Gasteiger partial charge on any atom is -0.304 e. The summed E-state index contributed by atoms with van der Waals surface area (Å²) in [5.74, 6) is 0. The number of rotatable bonds is 3. The normalized spacial score (nSPS) is 16.9. The molecule has 118 valence electrons. The summed E-state index contributed by atoms with van der Waals surface area (Å²) in [5, 5.41) is 0. The molecule has 2 aromatic heterocycles. The van der Waals surface area contributed by atoms with Crippen molar-refractivity contribution in [2.24, 2.45) is 0 Å². The van der Waals surface area contributed by atoms with Crippen LogP contribution in [-0.2, 0) is 6.54 Å². The molecule has 0 aliphatic carbocycles. The van der Waals surface area contributed by atoms with Gasteiger partial charge in [0.25, 0.3) is 0 Å². The molecular formula is C19H22N4. The van der Waals surface area contributed by atoms with Gasteiger partial charge in [-0.05, 0) is 30.8 Å². The van der Waals surface area contributed by atoms with Crippen LogP contribution in [0.5, 0.6) is 0 Å². The molecule has 0 saturated carbocycles. The maximum Gasteiger partial charge on any atom is 0.137 e. The highest BCUT2D eigenvalue weighted by Crippen LogP contribution is 2.22. The first-order valence-electron chi connectivity index (χ1n) is 8.22. The molecule has 1 saturated heterocycles. The van der Waals surface area contributed by atoms with E-state index in [1.807, 2.05) is 24.4 Å². The van der Waals surface area contributed by atoms with Crippen LogP contribution in [0.4, 0.5) is 0 Å². The van der Waals surface area contributed by atoms with Gasteiger partial charge in [-0.3, -0.25) is 9.30 Å². The minimum absolute atomic E-state index is 0.993. The molecule has 1 fully saturated rings. The summed E-state index contributed by atoms with van der Waals surface area (Å²) >= 11 is 0. The van der Waals surface area contributed by atoms with Gasteiger partial charge in [0.15, 0.2) is 0 Å². The van der Waals surface area contributed by atoms with Crippen LogP contribution < -0.4 is 0 Å². The van der Waals surface area contributed by atoms with Gasteiger partial charge < -0.3 is 4.90 Å². The molecule has 0 amide bonds. The van der Waals surface area contributed by atoms with Crippen molar-refractivity contribution in [3.8, 4) is 11.3 Å². The summed E-state index contributed by atoms with van der Waals surface area (Å²) in [6.45, 7) is 5.64. The standard InChI is InChI=1S/C19H22N4/c1-21-9-11-22(12-10-21)15-16-5-4-6-17(13-16)18-14-20-19-7-2-3-8-23(18)19/h2-8,13-14H,9-12,15H2,1H3. The Morgan fingerprint density at radius 3 is 2.74 bits per heavy atom. The van der Waals surface area contributed by atoms with Crippen LogP contribution in [0.15, 0.2) is 54.9 Å². The van der Waals surface area contributed by atoms with Crippen molar-refractivity contribution in [2.75, 3.05) is 33.2 Å². The van der Waals surface area contributed by atoms with E-state index >= 15 is 0 Å². The fraction of sp³-hybridized carbons (Fsp3) is 0.316. The first-order chi connectivity index (χ1) is 11.3. The smallest absolute Gasteiger partial charge is 0.137 e. The molecule has 4 rings (SSSR count). The van der Waals surface area contributed by atoms with Gasteiger partial charge in [-0.1, -0.05) is 24.3 Å². The Hall–Kier alpha value is -2.17. The Morgan fingerprint density at radius 1 is 1.00 bits per heavy atom. The number of pyridine rings is 1. The van der Waals surface area contributed by atoms with E-state index in [0.29, 0.717) is 0 Å². The van der Waals surface area contributed by atoms with Crippen LogP contribution >= 0.6 is 0 Å². The number of imidazole rings is 1. The predicted molar refractivity (Wildman–Crippen MR) is 93.4 cm³/mol. The van der Waals surface area contributed by atoms with Crippen molar-refractivity contribution in [3.63, 3.8) is 0 Å². The first-order valence-corrected chi connectivity index (χ1v) is 8.22. The summed E-state index contributed by atoms with van der Waals surface area (Å²) < 4.78 is 2.15. The average molecular weight is 306 g/mol. The zero-order chi connectivity index (χ0) is 15.6. The summed E-state index contributed by atoms with van der Waals surface area (Å²) in [4.78, 5) is 9.43. The molecule has 3 heterocycles. The lowest BCUT2D eigenvalue weighted by Crippen LogP contribution is -2.43. The summed E-state index contributed by atoms with van der Waals surface area (Å²) in [6, 6.07) is 15.0. The third-order valence-electron chi connectivity index (χ3n) is 4.64. The molecule has 4 nitrogen and oxygen atoms in total. The van der Waals surface area contributed by atoms with Gasteiger partial charge in [-0.2, -0.15) is 0 Å². The van der Waals surface area contributed by atoms with E-state index in [1.165, 1.54) is 11.1 Å². The number of benzene rings is 1. The Balaban J connectivity index is 1.59. The monoisotopic (exact) mass is 306 g/mol. The molecule has 0 radical (unpaired) electrons. The van der Waals surface area contributed by atoms with Crippen LogP contribution in [0.3, 0.4) is 0 Å². The third-order valence-corrected chi connectivity index (χ3v) is 4.64. The molecule has 4 heteroatoms. The number of fused-ring (bicyclic) bond motifs is 1. The SMILES string of the molecule is CN1CCN(Cc2cccc(-c3cnc4ccccn34)c2)CC1. The van der Waals surface area contributed by atoms with E-state index in [1.54, 1.807) is 0 Å². The second kappa shape index (κ2) is 6.14. The van der Waals surface area contributed by atoms with Gasteiger partial charge in [0.2, 0.25) is 0 Å². The molecule has 1 aromatic carbocycles. The minimum atomic E-state index is 0.993. The molecule has 0 bridgehead atoms. The Labute approximate surface area is 137 Å². The topological polar surface area (TPSA) is 23.8 Å². The van der Waals surface area contributed by atoms with E-state index in [2.05, 4.69) is 56.7 Å². The molecule has 1 aliphatic heterocycles. The summed E-state index contributed by atoms with van der Waals surface area (Å²) in [7, 11) is 2.20. The Kier molecular flexibility index (Phi) is 3.85. The number of hydrogen-bond acceptors (Lipinski definition) is 3. The molecule has 1 aliphatic rings. The highest BCUT2D eigenvalue weighted by atomic mass is 15.2. The van der Waals surface area contributed by atoms with E-state index < -0.39 is 0 Å². The molecule has 0 unspecified atom stereocenters. The first kappa shape index (κ1) is 14.4. The number of aromatic nitrogens is 2. The van der Waals surface area contributed by atoms with Crippen LogP contribution in [0, 0.1) is 0 Å². The van der Waals surface area contributed by atoms with E-state index in [-0.39, 0.29) is 0 Å². The molecule has 0 atom stereocenters. The lowest BCUT2D eigenvalue weighted by atomic mass is 10.1. The lowest BCUT2D eigenvalue weighted by Gasteiger charge is -2.32. The quantitative estimate of drug-likeness (QED) is 0.743. The second-order valence-corrected chi connectivity index (χ2v) is 6.35. The number of likely N-dealkylation sites (N-methyl/N-ethyl adjacent to an activating group) is 1. The summed E-state index contributed by atoms with van der Waals surface area (Å²) in [5.41, 5.74) is 4.75. The fourth-order valence-corrected chi connectivity index (χ4v) is 3.24. The van der Waals surface area contributed by atoms with Crippen LogP contribution in [0.1, 0.15) is 5.56 Å². The number of nitrogens with zero attached hydrogens (tertiary/aromatic N) is 4. The molecule has 0 spiro atoms. The maximum atomic E-state index is 4.50. The van der Waals surface area contributed by atoms with Gasteiger partial charge in [-0.25, -0.2) is 4.98 Å². The maximum absolute atomic E-state index is 4.50. The fourth-order valence-electron chi connectivity index (χ4n) is 3.24. The molecule has 3 aromatic rings. The van der Waals surface area contributed by atoms with Crippen molar-refractivity contribution in [3.05, 3.63) is 60.4 Å². The second-order valence-electron chi connectivity index (χ2n) is 6.35. The van der Waals surface area contributed by atoms with E-state index in [4.69, 9.17) is 0 Å². The van der Waals surface area contributed by atoms with E-state index in [0.717, 1.165) is 44.1 Å². The molecule has 0 N–H and O–H groups in total. The predicted octanol–water partition coefficient (Wildman–Crippen LogP) is 2.75. The molecular weight excluding hydrogens is 284 g/mol. The Bertz CT molecular complexity index is 800. The van der Waals surface area contributed by atoms with Gasteiger partial charge in [-0.15, -0.1) is 0 Å². The van der Waals surface area contributed by atoms with Crippen molar-refractivity contribution in [1.29, 1.82) is 0 Å². The number of piperazine rings is 1. The van der Waals surface area contributed by atoms with Crippen molar-refractivity contribution >= 4 is 5.65 Å². The van der Waals surface area contributed by atoms with Crippen molar-refractivity contribution in [2.45, 2.75) is 6.54 Å². The van der Waals surface area contributed by atoms with Gasteiger partial charge in [0, 0.05) is 44.5 Å². The van der Waals surface area contributed by atoms with Gasteiger partial charge >= 0.3 is 0 Å². The van der Waals surface area contributed by atoms with Crippen molar-refractivity contribution in [1.82, 2.24) is 19.2 Å². The van der Waals surface area contributed by atoms with E-state index in [9.17, 15) is 0 Å². The van der Waals surface area contributed by atoms with Crippen LogP contribution in [0.2, 0.25) is 0 Å². The highest BCUT2D eigenvalue weighted by Gasteiger charge is 2.14. The number of hydrogen-bond donors (Lipinski definition) is 0. The third kappa shape index (κ3) is 3.00. The van der Waals surface area contributed by atoms with Gasteiger partial charge in [0.1, 0.15) is 5.65 Å². The zero-order valence-corrected chi connectivity index (χ0v) is 13.5. The van der Waals surface area contributed by atoms with Crippen molar-refractivity contribution < 1.29 is 0 Å². The van der Waals surface area contributed by atoms with Crippen LogP contribution in [0.25, 0.3) is 16.9 Å². The van der Waals surface area contributed by atoms with Gasteiger partial charge in [0.05, 0.1) is 11.9 Å². The molecule has 23 heavy (non-hydrogen) atoms. The average Bonchev–Trinajstić information content (AvgIpc) is 3.01. The highest BCUT2D eigenvalue weighted by molar-refractivity contribution is 5.64. The Morgan fingerprint density at radius 2 is 1.87 bits per heavy atom. The largest absolute Gasteiger partial charge is 0.304 e. The lowest BCUT2D eigenvalue weighted by molar-refractivity contribution is 0.148. The van der Waals surface area contributed by atoms with Crippen LogP contribution in [-0.4, -0.2) is 52.4 Å². The zero-order valence-electron chi connectivity index (χ0n) is 13.5. The summed E-state index contributed by atoms with van der Waals surface area (Å²) in [6.07, 6.45) is 4.04.